The maximum absolute atomic E-state index is 11.9. The lowest BCUT2D eigenvalue weighted by molar-refractivity contribution is -0.139. The Labute approximate surface area is 116 Å². The lowest BCUT2D eigenvalue weighted by Gasteiger charge is -2.19. The van der Waals surface area contributed by atoms with Gasteiger partial charge in [-0.1, -0.05) is 12.1 Å². The molecule has 2 aliphatic rings. The Morgan fingerprint density at radius 1 is 1.25 bits per heavy atom. The summed E-state index contributed by atoms with van der Waals surface area (Å²) < 4.78 is 10.5. The third-order valence-electron chi connectivity index (χ3n) is 3.13. The standard InChI is InChI=1S/C15H13NO4/c17-14-3-1-2-8-16(14)15(18)7-5-11-4-6-12-13(9-11)20-10-19-12/h1,3-7,9H,2,8,10H2/b7-5+. The Bertz CT molecular complexity index is 618. The first-order chi connectivity index (χ1) is 9.74. The van der Waals surface area contributed by atoms with Crippen molar-refractivity contribution in [2.45, 2.75) is 6.42 Å². The Morgan fingerprint density at radius 2 is 2.10 bits per heavy atom. The van der Waals surface area contributed by atoms with Crippen LogP contribution in [0.4, 0.5) is 0 Å². The molecule has 0 fully saturated rings. The van der Waals surface area contributed by atoms with E-state index in [1.807, 2.05) is 6.07 Å². The zero-order valence-corrected chi connectivity index (χ0v) is 10.7. The molecule has 5 nitrogen and oxygen atoms in total. The largest absolute Gasteiger partial charge is 0.454 e. The fourth-order valence-electron chi connectivity index (χ4n) is 2.08. The summed E-state index contributed by atoms with van der Waals surface area (Å²) in [6.45, 7) is 0.649. The molecule has 0 aliphatic carbocycles. The maximum Gasteiger partial charge on any atom is 0.253 e. The molecular formula is C15H13NO4. The fraction of sp³-hybridized carbons (Fsp3) is 0.200. The minimum absolute atomic E-state index is 0.218. The molecule has 0 atom stereocenters. The predicted molar refractivity (Wildman–Crippen MR) is 72.1 cm³/mol. The molecule has 0 aromatic heterocycles. The van der Waals surface area contributed by atoms with E-state index in [-0.39, 0.29) is 18.6 Å². The second-order valence-electron chi connectivity index (χ2n) is 4.47. The van der Waals surface area contributed by atoms with Crippen LogP contribution in [0.5, 0.6) is 11.5 Å². The van der Waals surface area contributed by atoms with Crippen LogP contribution in [0, 0.1) is 0 Å². The van der Waals surface area contributed by atoms with Crippen LogP contribution in [0.2, 0.25) is 0 Å². The van der Waals surface area contributed by atoms with Gasteiger partial charge in [-0.2, -0.15) is 0 Å². The molecule has 0 saturated carbocycles. The van der Waals surface area contributed by atoms with Gasteiger partial charge in [0, 0.05) is 12.6 Å². The number of hydrogen-bond donors (Lipinski definition) is 0. The minimum atomic E-state index is -0.308. The lowest BCUT2D eigenvalue weighted by atomic mass is 10.2. The highest BCUT2D eigenvalue weighted by molar-refractivity contribution is 6.06. The summed E-state index contributed by atoms with van der Waals surface area (Å²) in [7, 11) is 0. The third kappa shape index (κ3) is 2.42. The van der Waals surface area contributed by atoms with Crippen molar-refractivity contribution in [3.63, 3.8) is 0 Å². The summed E-state index contributed by atoms with van der Waals surface area (Å²) in [6, 6.07) is 5.42. The van der Waals surface area contributed by atoms with Crippen LogP contribution < -0.4 is 9.47 Å². The van der Waals surface area contributed by atoms with Crippen molar-refractivity contribution < 1.29 is 19.1 Å². The summed E-state index contributed by atoms with van der Waals surface area (Å²) in [5.41, 5.74) is 0.822. The molecule has 1 aromatic carbocycles. The lowest BCUT2D eigenvalue weighted by Crippen LogP contribution is -2.37. The zero-order chi connectivity index (χ0) is 13.9. The number of benzene rings is 1. The topological polar surface area (TPSA) is 55.8 Å². The zero-order valence-electron chi connectivity index (χ0n) is 10.7. The second kappa shape index (κ2) is 5.21. The highest BCUT2D eigenvalue weighted by atomic mass is 16.7. The van der Waals surface area contributed by atoms with Crippen LogP contribution >= 0.6 is 0 Å². The summed E-state index contributed by atoms with van der Waals surface area (Å²) in [4.78, 5) is 24.7. The van der Waals surface area contributed by atoms with E-state index >= 15 is 0 Å². The van der Waals surface area contributed by atoms with Gasteiger partial charge in [-0.25, -0.2) is 0 Å². The van der Waals surface area contributed by atoms with Crippen molar-refractivity contribution >= 4 is 17.9 Å². The Kier molecular flexibility index (Phi) is 3.25. The van der Waals surface area contributed by atoms with Gasteiger partial charge in [0.25, 0.3) is 11.8 Å². The molecule has 2 aliphatic heterocycles. The molecule has 0 bridgehead atoms. The molecule has 2 heterocycles. The van der Waals surface area contributed by atoms with E-state index in [9.17, 15) is 9.59 Å². The van der Waals surface area contributed by atoms with E-state index in [0.717, 1.165) is 5.56 Å². The molecule has 20 heavy (non-hydrogen) atoms. The van der Waals surface area contributed by atoms with E-state index in [0.29, 0.717) is 24.5 Å². The molecule has 5 heteroatoms. The van der Waals surface area contributed by atoms with Gasteiger partial charge in [0.15, 0.2) is 11.5 Å². The van der Waals surface area contributed by atoms with Gasteiger partial charge in [0.05, 0.1) is 0 Å². The van der Waals surface area contributed by atoms with Gasteiger partial charge in [0.1, 0.15) is 0 Å². The number of hydrogen-bond acceptors (Lipinski definition) is 4. The van der Waals surface area contributed by atoms with E-state index in [2.05, 4.69) is 0 Å². The number of imide groups is 1. The number of carbonyl (C=O) groups is 2. The summed E-state index contributed by atoms with van der Waals surface area (Å²) in [5.74, 6) is 0.787. The van der Waals surface area contributed by atoms with Crippen molar-refractivity contribution in [3.05, 3.63) is 42.0 Å². The fourth-order valence-corrected chi connectivity index (χ4v) is 2.08. The maximum atomic E-state index is 11.9. The van der Waals surface area contributed by atoms with Crippen LogP contribution in [-0.4, -0.2) is 30.1 Å². The quantitative estimate of drug-likeness (QED) is 0.769. The van der Waals surface area contributed by atoms with Gasteiger partial charge < -0.3 is 9.47 Å². The molecule has 0 unspecified atom stereocenters. The van der Waals surface area contributed by atoms with Crippen molar-refractivity contribution in [1.82, 2.24) is 4.90 Å². The highest BCUT2D eigenvalue weighted by Gasteiger charge is 2.19. The normalized spacial score (nSPS) is 17.0. The number of rotatable bonds is 2. The minimum Gasteiger partial charge on any atom is -0.454 e. The Hall–Kier alpha value is -2.56. The van der Waals surface area contributed by atoms with Crippen molar-refractivity contribution in [2.75, 3.05) is 13.3 Å². The van der Waals surface area contributed by atoms with Gasteiger partial charge in [-0.3, -0.25) is 14.5 Å². The van der Waals surface area contributed by atoms with Crippen LogP contribution in [0.3, 0.4) is 0 Å². The summed E-state index contributed by atoms with van der Waals surface area (Å²) in [5, 5.41) is 0. The van der Waals surface area contributed by atoms with Crippen molar-refractivity contribution in [3.8, 4) is 11.5 Å². The second-order valence-corrected chi connectivity index (χ2v) is 4.47. The van der Waals surface area contributed by atoms with E-state index < -0.39 is 0 Å². The van der Waals surface area contributed by atoms with Gasteiger partial charge >= 0.3 is 0 Å². The SMILES string of the molecule is O=C1C=CCCN1C(=O)/C=C/c1ccc2c(c1)OCO2. The number of amides is 2. The van der Waals surface area contributed by atoms with Crippen LogP contribution in [0.25, 0.3) is 6.08 Å². The molecule has 3 rings (SSSR count). The number of fused-ring (bicyclic) bond motifs is 1. The first kappa shape index (κ1) is 12.5. The smallest absolute Gasteiger partial charge is 0.253 e. The Morgan fingerprint density at radius 3 is 2.95 bits per heavy atom. The molecule has 1 aromatic rings. The first-order valence-corrected chi connectivity index (χ1v) is 6.34. The van der Waals surface area contributed by atoms with E-state index in [4.69, 9.17) is 9.47 Å². The van der Waals surface area contributed by atoms with Crippen LogP contribution in [0.1, 0.15) is 12.0 Å². The van der Waals surface area contributed by atoms with Gasteiger partial charge in [-0.05, 0) is 36.3 Å². The summed E-state index contributed by atoms with van der Waals surface area (Å²) >= 11 is 0. The van der Waals surface area contributed by atoms with E-state index in [1.165, 1.54) is 17.1 Å². The van der Waals surface area contributed by atoms with Gasteiger partial charge in [-0.15, -0.1) is 0 Å². The molecule has 102 valence electrons. The molecule has 0 N–H and O–H groups in total. The van der Waals surface area contributed by atoms with E-state index in [1.54, 1.807) is 24.3 Å². The highest BCUT2D eigenvalue weighted by Crippen LogP contribution is 2.32. The van der Waals surface area contributed by atoms with Crippen LogP contribution in [0.15, 0.2) is 36.4 Å². The molecular weight excluding hydrogens is 258 g/mol. The molecule has 0 spiro atoms. The molecule has 0 saturated heterocycles. The predicted octanol–water partition coefficient (Wildman–Crippen LogP) is 1.74. The molecule has 2 amide bonds. The Balaban J connectivity index is 1.72. The first-order valence-electron chi connectivity index (χ1n) is 6.34. The third-order valence-corrected chi connectivity index (χ3v) is 3.13. The molecule has 0 radical (unpaired) electrons. The average molecular weight is 271 g/mol. The number of nitrogens with zero attached hydrogens (tertiary/aromatic N) is 1. The van der Waals surface area contributed by atoms with Crippen LogP contribution in [-0.2, 0) is 9.59 Å². The summed E-state index contributed by atoms with van der Waals surface area (Å²) in [6.07, 6.45) is 6.96. The van der Waals surface area contributed by atoms with Gasteiger partial charge in [0.2, 0.25) is 6.79 Å². The monoisotopic (exact) mass is 271 g/mol. The average Bonchev–Trinajstić information content (AvgIpc) is 2.92. The number of ether oxygens (including phenoxy) is 2. The van der Waals surface area contributed by atoms with Crippen molar-refractivity contribution in [2.24, 2.45) is 0 Å². The number of carbonyl (C=O) groups excluding carboxylic acids is 2. The van der Waals surface area contributed by atoms with Crippen molar-refractivity contribution in [1.29, 1.82) is 0 Å².